The van der Waals surface area contributed by atoms with Crippen LogP contribution in [-0.2, 0) is 0 Å². The van der Waals surface area contributed by atoms with E-state index in [1.54, 1.807) is 22.9 Å². The van der Waals surface area contributed by atoms with Crippen LogP contribution < -0.4 is 8.96 Å². The highest BCUT2D eigenvalue weighted by atomic mass is 127. The van der Waals surface area contributed by atoms with Crippen molar-refractivity contribution in [3.05, 3.63) is 34.4 Å². The molecule has 0 aliphatic carbocycles. The maximum absolute atomic E-state index is 10.8. The molecular formula is C6H4INO3. The average molecular weight is 265 g/mol. The predicted octanol–water partition coefficient (Wildman–Crippen LogP) is 0.720. The van der Waals surface area contributed by atoms with E-state index in [0.717, 1.165) is 6.07 Å². The zero-order valence-corrected chi connectivity index (χ0v) is 7.49. The number of halogens is 1. The van der Waals surface area contributed by atoms with Crippen molar-refractivity contribution in [2.45, 2.75) is 0 Å². The van der Waals surface area contributed by atoms with Gasteiger partial charge in [0.05, 0.1) is 29.1 Å². The van der Waals surface area contributed by atoms with Gasteiger partial charge in [-0.25, -0.2) is 0 Å². The third-order valence-electron chi connectivity index (χ3n) is 1.01. The van der Waals surface area contributed by atoms with Gasteiger partial charge < -0.3 is 4.42 Å². The maximum Gasteiger partial charge on any atom is 0.295 e. The highest BCUT2D eigenvalue weighted by molar-refractivity contribution is 14.1. The molecule has 0 radical (unpaired) electrons. The third-order valence-corrected chi connectivity index (χ3v) is 1.50. The number of hydrogen-bond donors (Lipinski definition) is 1. The molecule has 1 N–H and O–H groups in total. The van der Waals surface area contributed by atoms with Crippen LogP contribution in [-0.4, -0.2) is 5.91 Å². The van der Waals surface area contributed by atoms with Crippen LogP contribution >= 0.6 is 22.9 Å². The summed E-state index contributed by atoms with van der Waals surface area (Å²) in [6, 6.07) is 2.37. The van der Waals surface area contributed by atoms with Crippen molar-refractivity contribution < 1.29 is 9.21 Å². The van der Waals surface area contributed by atoms with Crippen LogP contribution in [0.4, 0.5) is 0 Å². The summed E-state index contributed by atoms with van der Waals surface area (Å²) in [6.45, 7) is 0. The van der Waals surface area contributed by atoms with Gasteiger partial charge in [0, 0.05) is 12.1 Å². The minimum absolute atomic E-state index is 0.0203. The molecule has 1 aromatic heterocycles. The van der Waals surface area contributed by atoms with Gasteiger partial charge in [0.1, 0.15) is 0 Å². The second kappa shape index (κ2) is 3.51. The van der Waals surface area contributed by atoms with Crippen LogP contribution in [0, 0.1) is 0 Å². The summed E-state index contributed by atoms with van der Waals surface area (Å²) >= 11 is 1.67. The highest BCUT2D eigenvalue weighted by Crippen LogP contribution is 1.94. The van der Waals surface area contributed by atoms with E-state index < -0.39 is 5.91 Å². The molecule has 5 heteroatoms. The molecule has 1 rings (SSSR count). The Morgan fingerprint density at radius 3 is 2.91 bits per heavy atom. The molecule has 0 aromatic carbocycles. The molecule has 0 saturated heterocycles. The Balaban J connectivity index is 3.05. The molecule has 0 aliphatic heterocycles. The molecular weight excluding hydrogens is 261 g/mol. The molecule has 58 valence electrons. The lowest BCUT2D eigenvalue weighted by atomic mass is 10.4. The monoisotopic (exact) mass is 265 g/mol. The van der Waals surface area contributed by atoms with Gasteiger partial charge in [-0.05, 0) is 0 Å². The van der Waals surface area contributed by atoms with E-state index in [4.69, 9.17) is 4.42 Å². The summed E-state index contributed by atoms with van der Waals surface area (Å²) < 4.78 is 7.05. The molecule has 1 aromatic rings. The molecule has 0 unspecified atom stereocenters. The summed E-state index contributed by atoms with van der Waals surface area (Å²) in [4.78, 5) is 21.5. The highest BCUT2D eigenvalue weighted by Gasteiger charge is 2.05. The smallest absolute Gasteiger partial charge is 0.295 e. The fourth-order valence-corrected chi connectivity index (χ4v) is 0.817. The lowest BCUT2D eigenvalue weighted by molar-refractivity contribution is 0.0960. The largest absolute Gasteiger partial charge is 0.459 e. The fourth-order valence-electron chi connectivity index (χ4n) is 0.551. The minimum Gasteiger partial charge on any atom is -0.459 e. The zero-order valence-electron chi connectivity index (χ0n) is 5.33. The molecule has 0 saturated carbocycles. The molecule has 0 aliphatic rings. The first-order chi connectivity index (χ1) is 5.24. The standard InChI is InChI=1S/C6H4INO3/c7-8-6(10)5-3-4(9)1-2-11-5/h1-3H,(H,8,10). The number of amides is 1. The molecule has 0 spiro atoms. The summed E-state index contributed by atoms with van der Waals surface area (Å²) in [6.07, 6.45) is 1.18. The Morgan fingerprint density at radius 2 is 2.36 bits per heavy atom. The molecule has 0 fully saturated rings. The van der Waals surface area contributed by atoms with Crippen LogP contribution in [0.2, 0.25) is 0 Å². The normalized spacial score (nSPS) is 9.18. The summed E-state index contributed by atoms with van der Waals surface area (Å²) in [7, 11) is 0. The fraction of sp³-hybridized carbons (Fsp3) is 0. The molecule has 4 nitrogen and oxygen atoms in total. The van der Waals surface area contributed by atoms with Crippen molar-refractivity contribution in [3.8, 4) is 0 Å². The Bertz CT molecular complexity index is 320. The van der Waals surface area contributed by atoms with Crippen LogP contribution in [0.15, 0.2) is 27.6 Å². The van der Waals surface area contributed by atoms with E-state index in [9.17, 15) is 9.59 Å². The van der Waals surface area contributed by atoms with Gasteiger partial charge in [-0.2, -0.15) is 0 Å². The minimum atomic E-state index is -0.414. The topological polar surface area (TPSA) is 59.3 Å². The Labute approximate surface area is 76.1 Å². The Kier molecular flexibility index (Phi) is 2.64. The van der Waals surface area contributed by atoms with Crippen molar-refractivity contribution in [2.75, 3.05) is 0 Å². The molecule has 1 amide bonds. The van der Waals surface area contributed by atoms with Crippen LogP contribution in [0.25, 0.3) is 0 Å². The predicted molar refractivity (Wildman–Crippen MR) is 46.5 cm³/mol. The Morgan fingerprint density at radius 1 is 1.64 bits per heavy atom. The van der Waals surface area contributed by atoms with Gasteiger partial charge in [0.2, 0.25) is 0 Å². The molecule has 11 heavy (non-hydrogen) atoms. The SMILES string of the molecule is O=C(NI)c1cc(=O)cco1. The second-order valence-corrected chi connectivity index (χ2v) is 2.29. The van der Waals surface area contributed by atoms with Crippen LogP contribution in [0.1, 0.15) is 10.6 Å². The molecule has 0 bridgehead atoms. The quantitative estimate of drug-likeness (QED) is 0.601. The van der Waals surface area contributed by atoms with Gasteiger partial charge in [-0.3, -0.25) is 13.1 Å². The Hall–Kier alpha value is -0.850. The number of hydrogen-bond acceptors (Lipinski definition) is 3. The van der Waals surface area contributed by atoms with E-state index in [1.807, 2.05) is 0 Å². The van der Waals surface area contributed by atoms with Crippen LogP contribution in [0.3, 0.4) is 0 Å². The first-order valence-electron chi connectivity index (χ1n) is 2.74. The molecule has 0 atom stereocenters. The third kappa shape index (κ3) is 2.04. The van der Waals surface area contributed by atoms with Gasteiger partial charge in [0.25, 0.3) is 5.91 Å². The van der Waals surface area contributed by atoms with E-state index in [0.29, 0.717) is 0 Å². The zero-order chi connectivity index (χ0) is 8.27. The lowest BCUT2D eigenvalue weighted by Gasteiger charge is -1.93. The van der Waals surface area contributed by atoms with Crippen molar-refractivity contribution in [1.29, 1.82) is 0 Å². The first kappa shape index (κ1) is 8.25. The van der Waals surface area contributed by atoms with E-state index in [1.165, 1.54) is 12.3 Å². The number of rotatable bonds is 1. The summed E-state index contributed by atoms with van der Waals surface area (Å²) in [5.74, 6) is -0.393. The number of nitrogens with one attached hydrogen (secondary N) is 1. The van der Waals surface area contributed by atoms with Crippen molar-refractivity contribution >= 4 is 28.8 Å². The van der Waals surface area contributed by atoms with Gasteiger partial charge >= 0.3 is 0 Å². The van der Waals surface area contributed by atoms with Crippen LogP contribution in [0.5, 0.6) is 0 Å². The van der Waals surface area contributed by atoms with Crippen molar-refractivity contribution in [2.24, 2.45) is 0 Å². The first-order valence-corrected chi connectivity index (χ1v) is 3.82. The van der Waals surface area contributed by atoms with Crippen molar-refractivity contribution in [3.63, 3.8) is 0 Å². The summed E-state index contributed by atoms with van der Waals surface area (Å²) in [5, 5.41) is 0. The summed E-state index contributed by atoms with van der Waals surface area (Å²) in [5.41, 5.74) is -0.244. The van der Waals surface area contributed by atoms with Crippen molar-refractivity contribution in [1.82, 2.24) is 3.53 Å². The average Bonchev–Trinajstić information content (AvgIpc) is 2.03. The number of carbonyl (C=O) groups excluding carboxylic acids is 1. The van der Waals surface area contributed by atoms with E-state index in [2.05, 4.69) is 3.53 Å². The lowest BCUT2D eigenvalue weighted by Crippen LogP contribution is -2.13. The maximum atomic E-state index is 10.8. The van der Waals surface area contributed by atoms with E-state index in [-0.39, 0.29) is 11.2 Å². The van der Waals surface area contributed by atoms with Gasteiger partial charge in [-0.15, -0.1) is 0 Å². The second-order valence-electron chi connectivity index (χ2n) is 1.76. The number of carbonyl (C=O) groups is 1. The van der Waals surface area contributed by atoms with Gasteiger partial charge in [-0.1, -0.05) is 0 Å². The van der Waals surface area contributed by atoms with E-state index >= 15 is 0 Å². The molecule has 1 heterocycles. The van der Waals surface area contributed by atoms with Gasteiger partial charge in [0.15, 0.2) is 11.2 Å².